The average molecular weight is 550 g/mol. The van der Waals surface area contributed by atoms with Crippen LogP contribution in [0.25, 0.3) is 0 Å². The Morgan fingerprint density at radius 2 is 1.56 bits per heavy atom. The van der Waals surface area contributed by atoms with E-state index >= 15 is 0 Å². The number of hydrogen-bond acceptors (Lipinski definition) is 7. The molecular formula is C26H39N5O8. The first-order chi connectivity index (χ1) is 18.3. The summed E-state index contributed by atoms with van der Waals surface area (Å²) in [7, 11) is 1.51. The molecule has 0 heterocycles. The van der Waals surface area contributed by atoms with Gasteiger partial charge in [0.05, 0.1) is 19.7 Å². The molecule has 1 aromatic carbocycles. The summed E-state index contributed by atoms with van der Waals surface area (Å²) in [5.74, 6) is -4.26. The maximum absolute atomic E-state index is 12.9. The van der Waals surface area contributed by atoms with E-state index in [2.05, 4.69) is 21.3 Å². The first-order valence-electron chi connectivity index (χ1n) is 12.6. The van der Waals surface area contributed by atoms with Crippen molar-refractivity contribution in [2.45, 2.75) is 65.1 Å². The fourth-order valence-corrected chi connectivity index (χ4v) is 3.66. The van der Waals surface area contributed by atoms with Gasteiger partial charge in [0.2, 0.25) is 23.5 Å². The molecule has 13 nitrogen and oxygen atoms in total. The van der Waals surface area contributed by atoms with Crippen molar-refractivity contribution in [2.75, 3.05) is 13.7 Å². The number of carbonyl (C=O) groups excluding carboxylic acids is 5. The number of rotatable bonds is 16. The van der Waals surface area contributed by atoms with Crippen molar-refractivity contribution in [2.24, 2.45) is 17.6 Å². The average Bonchev–Trinajstić information content (AvgIpc) is 2.88. The van der Waals surface area contributed by atoms with E-state index in [1.807, 2.05) is 0 Å². The molecule has 1 unspecified atom stereocenters. The molecule has 1 aromatic rings. The largest absolute Gasteiger partial charge is 0.497 e. The van der Waals surface area contributed by atoms with Crippen LogP contribution in [0.4, 0.5) is 4.79 Å². The Balaban J connectivity index is 2.82. The molecule has 4 atom stereocenters. The van der Waals surface area contributed by atoms with E-state index in [4.69, 9.17) is 15.6 Å². The normalized spacial score (nSPS) is 13.8. The third-order valence-electron chi connectivity index (χ3n) is 6.03. The predicted molar refractivity (Wildman–Crippen MR) is 142 cm³/mol. The zero-order chi connectivity index (χ0) is 29.7. The number of nitrogens with one attached hydrogen (secondary N) is 4. The van der Waals surface area contributed by atoms with Crippen molar-refractivity contribution in [1.82, 2.24) is 21.3 Å². The van der Waals surface area contributed by atoms with Crippen LogP contribution in [0.2, 0.25) is 0 Å². The standard InChI is InChI=1S/C26H39N5O8/c1-6-15(4)21(31-24(35)19(11-14(2)3)30-26(37)38)22(33)25(36)28-13-20(32)29-18(23(27)34)12-16-7-9-17(39-5)10-8-16/h7-10,14-15,18-19,21,30H,6,11-13H2,1-5H3,(H2,27,34)(H,28,36)(H,29,32)(H,31,35)(H,37,38)/t15-,18-,19-,21?/m0/s1. The predicted octanol–water partition coefficient (Wildman–Crippen LogP) is 0.106. The number of nitrogens with two attached hydrogens (primary N) is 1. The van der Waals surface area contributed by atoms with Gasteiger partial charge in [-0.05, 0) is 36.0 Å². The van der Waals surface area contributed by atoms with Crippen LogP contribution in [0.15, 0.2) is 24.3 Å². The Morgan fingerprint density at radius 1 is 0.949 bits per heavy atom. The number of ketones is 1. The zero-order valence-electron chi connectivity index (χ0n) is 22.9. The fourth-order valence-electron chi connectivity index (χ4n) is 3.66. The van der Waals surface area contributed by atoms with Crippen LogP contribution >= 0.6 is 0 Å². The van der Waals surface area contributed by atoms with Gasteiger partial charge in [-0.15, -0.1) is 0 Å². The van der Waals surface area contributed by atoms with Gasteiger partial charge in [-0.1, -0.05) is 46.2 Å². The molecular weight excluding hydrogens is 510 g/mol. The second-order valence-corrected chi connectivity index (χ2v) is 9.63. The highest BCUT2D eigenvalue weighted by Gasteiger charge is 2.33. The van der Waals surface area contributed by atoms with Gasteiger partial charge in [-0.25, -0.2) is 4.79 Å². The first kappa shape index (κ1) is 32.9. The van der Waals surface area contributed by atoms with Crippen molar-refractivity contribution < 1.29 is 38.6 Å². The summed E-state index contributed by atoms with van der Waals surface area (Å²) >= 11 is 0. The van der Waals surface area contributed by atoms with Gasteiger partial charge in [-0.3, -0.25) is 24.0 Å². The lowest BCUT2D eigenvalue weighted by atomic mass is 9.94. The number of amides is 5. The van der Waals surface area contributed by atoms with Gasteiger partial charge in [-0.2, -0.15) is 0 Å². The van der Waals surface area contributed by atoms with Crippen LogP contribution in [-0.2, 0) is 30.4 Å². The van der Waals surface area contributed by atoms with Crippen LogP contribution in [0, 0.1) is 11.8 Å². The number of Topliss-reactive ketones (excluding diaryl/α,β-unsaturated/α-hetero) is 1. The van der Waals surface area contributed by atoms with Crippen LogP contribution < -0.4 is 31.7 Å². The van der Waals surface area contributed by atoms with Crippen molar-refractivity contribution in [3.05, 3.63) is 29.8 Å². The minimum absolute atomic E-state index is 0.0268. The van der Waals surface area contributed by atoms with Crippen molar-refractivity contribution >= 4 is 35.5 Å². The SMILES string of the molecule is CC[C@H](C)C(NC(=O)[C@H](CC(C)C)NC(=O)O)C(=O)C(=O)NCC(=O)N[C@@H](Cc1ccc(OC)cc1)C(N)=O. The minimum atomic E-state index is -1.40. The molecule has 0 aromatic heterocycles. The molecule has 1 rings (SSSR count). The molecule has 7 N–H and O–H groups in total. The van der Waals surface area contributed by atoms with E-state index in [-0.39, 0.29) is 18.8 Å². The van der Waals surface area contributed by atoms with Gasteiger partial charge in [0.25, 0.3) is 5.91 Å². The maximum Gasteiger partial charge on any atom is 0.405 e. The van der Waals surface area contributed by atoms with Gasteiger partial charge in [0.1, 0.15) is 17.8 Å². The molecule has 0 saturated heterocycles. The maximum atomic E-state index is 12.9. The number of primary amides is 1. The quantitative estimate of drug-likeness (QED) is 0.156. The van der Waals surface area contributed by atoms with E-state index < -0.39 is 66.1 Å². The summed E-state index contributed by atoms with van der Waals surface area (Å²) in [6.07, 6.45) is -0.685. The van der Waals surface area contributed by atoms with Gasteiger partial charge in [0.15, 0.2) is 0 Å². The van der Waals surface area contributed by atoms with Gasteiger partial charge in [0, 0.05) is 6.42 Å². The molecule has 0 radical (unpaired) electrons. The Labute approximate surface area is 227 Å². The van der Waals surface area contributed by atoms with E-state index in [1.165, 1.54) is 7.11 Å². The number of carbonyl (C=O) groups is 6. The Kier molecular flexibility index (Phi) is 13.4. The van der Waals surface area contributed by atoms with Gasteiger partial charge >= 0.3 is 6.09 Å². The lowest BCUT2D eigenvalue weighted by Gasteiger charge is -2.26. The molecule has 0 aliphatic heterocycles. The molecule has 0 spiro atoms. The Morgan fingerprint density at radius 3 is 2.05 bits per heavy atom. The molecule has 5 amide bonds. The monoisotopic (exact) mass is 549 g/mol. The van der Waals surface area contributed by atoms with E-state index in [0.29, 0.717) is 17.7 Å². The molecule has 216 valence electrons. The highest BCUT2D eigenvalue weighted by Crippen LogP contribution is 2.13. The number of carboxylic acid groups (broad SMARTS) is 1. The summed E-state index contributed by atoms with van der Waals surface area (Å²) in [5.41, 5.74) is 6.12. The highest BCUT2D eigenvalue weighted by molar-refractivity contribution is 6.38. The molecule has 13 heteroatoms. The molecule has 39 heavy (non-hydrogen) atoms. The Hall–Kier alpha value is -4.16. The van der Waals surface area contributed by atoms with Crippen LogP contribution in [0.1, 0.15) is 46.1 Å². The summed E-state index contributed by atoms with van der Waals surface area (Å²) in [5, 5.41) is 18.3. The van der Waals surface area contributed by atoms with Crippen LogP contribution in [0.3, 0.4) is 0 Å². The summed E-state index contributed by atoms with van der Waals surface area (Å²) in [4.78, 5) is 73.6. The molecule has 0 fully saturated rings. The number of hydrogen-bond donors (Lipinski definition) is 6. The number of benzene rings is 1. The van der Waals surface area contributed by atoms with E-state index in [9.17, 15) is 28.8 Å². The second kappa shape index (κ2) is 15.9. The molecule has 0 aliphatic rings. The van der Waals surface area contributed by atoms with E-state index in [0.717, 1.165) is 0 Å². The third kappa shape index (κ3) is 11.4. The second-order valence-electron chi connectivity index (χ2n) is 9.63. The highest BCUT2D eigenvalue weighted by atomic mass is 16.5. The Bertz CT molecular complexity index is 1030. The molecule has 0 saturated carbocycles. The summed E-state index contributed by atoms with van der Waals surface area (Å²) in [6.45, 7) is 6.41. The van der Waals surface area contributed by atoms with Crippen molar-refractivity contribution in [3.63, 3.8) is 0 Å². The fraction of sp³-hybridized carbons (Fsp3) is 0.538. The molecule has 0 bridgehead atoms. The number of methoxy groups -OCH3 is 1. The first-order valence-corrected chi connectivity index (χ1v) is 12.6. The summed E-state index contributed by atoms with van der Waals surface area (Å²) < 4.78 is 5.08. The van der Waals surface area contributed by atoms with Crippen molar-refractivity contribution in [3.8, 4) is 5.75 Å². The topological polar surface area (TPSA) is 206 Å². The van der Waals surface area contributed by atoms with Crippen LogP contribution in [0.5, 0.6) is 5.75 Å². The number of ether oxygens (including phenoxy) is 1. The molecule has 0 aliphatic carbocycles. The zero-order valence-corrected chi connectivity index (χ0v) is 22.9. The van der Waals surface area contributed by atoms with Crippen molar-refractivity contribution in [1.29, 1.82) is 0 Å². The van der Waals surface area contributed by atoms with Crippen LogP contribution in [-0.4, -0.2) is 72.4 Å². The lowest BCUT2D eigenvalue weighted by Crippen LogP contribution is -2.56. The summed E-state index contributed by atoms with van der Waals surface area (Å²) in [6, 6.07) is 3.37. The smallest absolute Gasteiger partial charge is 0.405 e. The third-order valence-corrected chi connectivity index (χ3v) is 6.03. The lowest BCUT2D eigenvalue weighted by molar-refractivity contribution is -0.141. The van der Waals surface area contributed by atoms with Gasteiger partial charge < -0.3 is 36.8 Å². The minimum Gasteiger partial charge on any atom is -0.497 e. The van der Waals surface area contributed by atoms with E-state index in [1.54, 1.807) is 52.0 Å².